The fourth-order valence-electron chi connectivity index (χ4n) is 0.987. The van der Waals surface area contributed by atoms with Crippen molar-refractivity contribution in [3.63, 3.8) is 0 Å². The Bertz CT molecular complexity index is 162. The Labute approximate surface area is 54.2 Å². The van der Waals surface area contributed by atoms with Crippen molar-refractivity contribution in [2.45, 2.75) is 13.3 Å². The molecule has 2 heteroatoms. The van der Waals surface area contributed by atoms with Gasteiger partial charge in [0.05, 0.1) is 5.41 Å². The van der Waals surface area contributed by atoms with E-state index in [0.717, 1.165) is 6.42 Å². The van der Waals surface area contributed by atoms with Crippen LogP contribution in [0, 0.1) is 11.3 Å². The molecule has 0 saturated heterocycles. The van der Waals surface area contributed by atoms with E-state index in [1.54, 1.807) is 13.0 Å². The van der Waals surface area contributed by atoms with Crippen molar-refractivity contribution in [1.29, 1.82) is 0 Å². The Hall–Kier alpha value is -0.790. The quantitative estimate of drug-likeness (QED) is 0.566. The summed E-state index contributed by atoms with van der Waals surface area (Å²) in [5, 5.41) is 8.57. The molecule has 1 saturated carbocycles. The van der Waals surface area contributed by atoms with Gasteiger partial charge in [-0.2, -0.15) is 0 Å². The molecule has 1 rings (SSSR count). The number of carboxylic acids is 1. The minimum atomic E-state index is -0.701. The van der Waals surface area contributed by atoms with Crippen LogP contribution in [0.25, 0.3) is 0 Å². The number of carbonyl (C=O) groups is 1. The first-order valence-electron chi connectivity index (χ1n) is 2.97. The van der Waals surface area contributed by atoms with Gasteiger partial charge in [0.2, 0.25) is 0 Å². The molecular formula is C7H10O2. The van der Waals surface area contributed by atoms with E-state index in [-0.39, 0.29) is 5.92 Å². The number of allylic oxidation sites excluding steroid dienone is 1. The molecule has 0 spiro atoms. The first-order chi connectivity index (χ1) is 4.11. The number of rotatable bonds is 2. The molecule has 0 radical (unpaired) electrons. The average Bonchev–Trinajstić information content (AvgIpc) is 2.44. The molecule has 50 valence electrons. The summed E-state index contributed by atoms with van der Waals surface area (Å²) in [4.78, 5) is 10.4. The van der Waals surface area contributed by atoms with Crippen molar-refractivity contribution in [2.75, 3.05) is 0 Å². The van der Waals surface area contributed by atoms with Crippen LogP contribution in [0.15, 0.2) is 12.7 Å². The number of carboxylic acid groups (broad SMARTS) is 1. The van der Waals surface area contributed by atoms with E-state index in [1.165, 1.54) is 0 Å². The molecule has 1 aliphatic rings. The molecule has 0 aromatic rings. The van der Waals surface area contributed by atoms with Gasteiger partial charge >= 0.3 is 5.97 Å². The molecule has 0 aromatic carbocycles. The summed E-state index contributed by atoms with van der Waals surface area (Å²) >= 11 is 0. The summed E-state index contributed by atoms with van der Waals surface area (Å²) in [6.45, 7) is 5.29. The van der Waals surface area contributed by atoms with Gasteiger partial charge in [-0.3, -0.25) is 4.79 Å². The van der Waals surface area contributed by atoms with Crippen LogP contribution in [0.1, 0.15) is 13.3 Å². The smallest absolute Gasteiger partial charge is 0.309 e. The highest BCUT2D eigenvalue weighted by Crippen LogP contribution is 2.52. The average molecular weight is 126 g/mol. The van der Waals surface area contributed by atoms with Gasteiger partial charge in [0.1, 0.15) is 0 Å². The minimum absolute atomic E-state index is 0.204. The second-order valence-electron chi connectivity index (χ2n) is 2.77. The summed E-state index contributed by atoms with van der Waals surface area (Å²) in [5.41, 5.74) is -0.484. The van der Waals surface area contributed by atoms with E-state index in [2.05, 4.69) is 6.58 Å². The van der Waals surface area contributed by atoms with Crippen LogP contribution in [-0.4, -0.2) is 11.1 Å². The molecule has 2 atom stereocenters. The lowest BCUT2D eigenvalue weighted by molar-refractivity contribution is -0.143. The van der Waals surface area contributed by atoms with Gasteiger partial charge in [0, 0.05) is 0 Å². The largest absolute Gasteiger partial charge is 0.481 e. The van der Waals surface area contributed by atoms with E-state index in [4.69, 9.17) is 5.11 Å². The summed E-state index contributed by atoms with van der Waals surface area (Å²) in [6, 6.07) is 0. The standard InChI is InChI=1S/C7H10O2/c1-3-5-4-7(5,2)6(8)9/h3,5H,1,4H2,2H3,(H,8,9)/t5-,7?/m1/s1. The van der Waals surface area contributed by atoms with Crippen LogP contribution in [0.5, 0.6) is 0 Å². The summed E-state index contributed by atoms with van der Waals surface area (Å²) < 4.78 is 0. The molecule has 1 unspecified atom stereocenters. The molecular weight excluding hydrogens is 116 g/mol. The van der Waals surface area contributed by atoms with Gasteiger partial charge in [-0.1, -0.05) is 6.08 Å². The minimum Gasteiger partial charge on any atom is -0.481 e. The number of hydrogen-bond acceptors (Lipinski definition) is 1. The predicted molar refractivity (Wildman–Crippen MR) is 34.0 cm³/mol. The number of hydrogen-bond donors (Lipinski definition) is 1. The van der Waals surface area contributed by atoms with Gasteiger partial charge in [0.15, 0.2) is 0 Å². The molecule has 0 amide bonds. The van der Waals surface area contributed by atoms with Crippen LogP contribution in [0.3, 0.4) is 0 Å². The van der Waals surface area contributed by atoms with Crippen LogP contribution < -0.4 is 0 Å². The van der Waals surface area contributed by atoms with Gasteiger partial charge < -0.3 is 5.11 Å². The van der Waals surface area contributed by atoms with Gasteiger partial charge in [-0.05, 0) is 19.3 Å². The molecule has 9 heavy (non-hydrogen) atoms. The van der Waals surface area contributed by atoms with Crippen molar-refractivity contribution < 1.29 is 9.90 Å². The Morgan fingerprint density at radius 1 is 2.00 bits per heavy atom. The van der Waals surface area contributed by atoms with Crippen LogP contribution in [0.4, 0.5) is 0 Å². The SMILES string of the molecule is C=C[C@@H]1CC1(C)C(=O)O. The van der Waals surface area contributed by atoms with Crippen LogP contribution in [-0.2, 0) is 4.79 Å². The molecule has 0 bridgehead atoms. The monoisotopic (exact) mass is 126 g/mol. The second-order valence-corrected chi connectivity index (χ2v) is 2.77. The molecule has 1 N–H and O–H groups in total. The fraction of sp³-hybridized carbons (Fsp3) is 0.571. The summed E-state index contributed by atoms with van der Waals surface area (Å²) in [6.07, 6.45) is 2.47. The topological polar surface area (TPSA) is 37.3 Å². The zero-order chi connectivity index (χ0) is 7.07. The zero-order valence-electron chi connectivity index (χ0n) is 5.42. The Kier molecular flexibility index (Phi) is 1.12. The van der Waals surface area contributed by atoms with E-state index in [1.807, 2.05) is 0 Å². The van der Waals surface area contributed by atoms with Crippen molar-refractivity contribution in [2.24, 2.45) is 11.3 Å². The van der Waals surface area contributed by atoms with Crippen molar-refractivity contribution in [3.05, 3.63) is 12.7 Å². The maximum absolute atomic E-state index is 10.4. The molecule has 0 aromatic heterocycles. The van der Waals surface area contributed by atoms with Crippen molar-refractivity contribution in [1.82, 2.24) is 0 Å². The lowest BCUT2D eigenvalue weighted by Crippen LogP contribution is -2.11. The zero-order valence-corrected chi connectivity index (χ0v) is 5.42. The highest BCUT2D eigenvalue weighted by atomic mass is 16.4. The summed E-state index contributed by atoms with van der Waals surface area (Å²) in [5.74, 6) is -0.498. The van der Waals surface area contributed by atoms with Gasteiger partial charge in [0.25, 0.3) is 0 Å². The first kappa shape index (κ1) is 6.33. The molecule has 1 aliphatic carbocycles. The van der Waals surface area contributed by atoms with Gasteiger partial charge in [-0.15, -0.1) is 6.58 Å². The maximum Gasteiger partial charge on any atom is 0.309 e. The second kappa shape index (κ2) is 1.59. The Morgan fingerprint density at radius 3 is 2.67 bits per heavy atom. The van der Waals surface area contributed by atoms with Crippen molar-refractivity contribution >= 4 is 5.97 Å². The molecule has 0 heterocycles. The third-order valence-corrected chi connectivity index (χ3v) is 2.08. The first-order valence-corrected chi connectivity index (χ1v) is 2.97. The van der Waals surface area contributed by atoms with E-state index in [0.29, 0.717) is 0 Å². The fourth-order valence-corrected chi connectivity index (χ4v) is 0.987. The van der Waals surface area contributed by atoms with E-state index in [9.17, 15) is 4.79 Å². The Balaban J connectivity index is 2.62. The third-order valence-electron chi connectivity index (χ3n) is 2.08. The maximum atomic E-state index is 10.4. The van der Waals surface area contributed by atoms with Gasteiger partial charge in [-0.25, -0.2) is 0 Å². The van der Waals surface area contributed by atoms with E-state index < -0.39 is 11.4 Å². The number of aliphatic carboxylic acids is 1. The lowest BCUT2D eigenvalue weighted by Gasteiger charge is -1.98. The molecule has 2 nitrogen and oxygen atoms in total. The Morgan fingerprint density at radius 2 is 2.56 bits per heavy atom. The highest BCUT2D eigenvalue weighted by molar-refractivity contribution is 5.78. The molecule has 1 fully saturated rings. The predicted octanol–water partition coefficient (Wildman–Crippen LogP) is 1.28. The highest BCUT2D eigenvalue weighted by Gasteiger charge is 2.54. The molecule has 0 aliphatic heterocycles. The lowest BCUT2D eigenvalue weighted by atomic mass is 10.1. The van der Waals surface area contributed by atoms with Crippen molar-refractivity contribution in [3.8, 4) is 0 Å². The third kappa shape index (κ3) is 0.745. The van der Waals surface area contributed by atoms with Crippen LogP contribution >= 0.6 is 0 Å². The van der Waals surface area contributed by atoms with Crippen LogP contribution in [0.2, 0.25) is 0 Å². The normalized spacial score (nSPS) is 39.9. The summed E-state index contributed by atoms with van der Waals surface area (Å²) in [7, 11) is 0. The van der Waals surface area contributed by atoms with E-state index >= 15 is 0 Å².